The molecular weight excluding hydrogens is 380 g/mol. The first-order valence-corrected chi connectivity index (χ1v) is 10.4. The minimum absolute atomic E-state index is 0.0820. The zero-order valence-electron chi connectivity index (χ0n) is 17.2. The second kappa shape index (κ2) is 8.73. The molecule has 0 bridgehead atoms. The smallest absolute Gasteiger partial charge is 0.315 e. The number of pyridine rings is 1. The highest BCUT2D eigenvalue weighted by Crippen LogP contribution is 2.58. The van der Waals surface area contributed by atoms with E-state index in [0.29, 0.717) is 13.1 Å². The molecule has 1 aromatic heterocycles. The minimum Gasteiger partial charge on any atom is -0.497 e. The van der Waals surface area contributed by atoms with Gasteiger partial charge in [0, 0.05) is 24.7 Å². The Kier molecular flexibility index (Phi) is 5.88. The number of carbonyl (C=O) groups excluding carboxylic acids is 2. The molecule has 30 heavy (non-hydrogen) atoms. The summed E-state index contributed by atoms with van der Waals surface area (Å²) < 4.78 is 5.13. The van der Waals surface area contributed by atoms with Crippen molar-refractivity contribution in [1.82, 2.24) is 20.9 Å². The second-order valence-electron chi connectivity index (χ2n) is 8.42. The number of methoxy groups -OCH3 is 1. The Morgan fingerprint density at radius 1 is 1.03 bits per heavy atom. The fourth-order valence-corrected chi connectivity index (χ4v) is 4.58. The molecule has 158 valence electrons. The highest BCUT2D eigenvalue weighted by Gasteiger charge is 2.54. The van der Waals surface area contributed by atoms with Gasteiger partial charge in [-0.15, -0.1) is 0 Å². The molecule has 4 rings (SSSR count). The number of hydrogen-bond donors (Lipinski definition) is 3. The summed E-state index contributed by atoms with van der Waals surface area (Å²) in [5.41, 5.74) is 2.13. The van der Waals surface area contributed by atoms with E-state index in [2.05, 4.69) is 20.9 Å². The van der Waals surface area contributed by atoms with Crippen LogP contribution in [0, 0.1) is 11.3 Å². The third kappa shape index (κ3) is 4.72. The van der Waals surface area contributed by atoms with Crippen molar-refractivity contribution in [2.24, 2.45) is 11.3 Å². The largest absolute Gasteiger partial charge is 0.497 e. The van der Waals surface area contributed by atoms with E-state index in [1.54, 1.807) is 13.3 Å². The Labute approximate surface area is 176 Å². The fraction of sp³-hybridized carbons (Fsp3) is 0.435. The molecule has 7 nitrogen and oxygen atoms in total. The number of aromatic nitrogens is 1. The van der Waals surface area contributed by atoms with Gasteiger partial charge in [0.2, 0.25) is 5.91 Å². The van der Waals surface area contributed by atoms with E-state index in [0.717, 1.165) is 42.7 Å². The van der Waals surface area contributed by atoms with Gasteiger partial charge in [-0.3, -0.25) is 9.78 Å². The Hall–Kier alpha value is -3.09. The summed E-state index contributed by atoms with van der Waals surface area (Å²) in [6.07, 6.45) is 5.45. The molecule has 2 aromatic rings. The molecule has 0 aliphatic heterocycles. The number of hydrogen-bond acceptors (Lipinski definition) is 4. The van der Waals surface area contributed by atoms with E-state index in [9.17, 15) is 9.59 Å². The standard InChI is InChI=1S/C23H28N4O3/c1-30-20-7-5-16(6-8-20)14-26-22(29)27-19-12-23(13-19)10-17(11-23)21(28)25-15-18-4-2-3-9-24-18/h2-9,17,19H,10-15H2,1H3,(H,25,28)(H2,26,27,29). The van der Waals surface area contributed by atoms with E-state index in [4.69, 9.17) is 4.74 Å². The summed E-state index contributed by atoms with van der Waals surface area (Å²) in [5, 5.41) is 8.92. The van der Waals surface area contributed by atoms with Crippen LogP contribution in [0.4, 0.5) is 4.79 Å². The van der Waals surface area contributed by atoms with Crippen LogP contribution in [0.2, 0.25) is 0 Å². The molecule has 2 saturated carbocycles. The number of amides is 3. The van der Waals surface area contributed by atoms with Crippen LogP contribution in [-0.4, -0.2) is 30.1 Å². The van der Waals surface area contributed by atoms with Crippen LogP contribution in [-0.2, 0) is 17.9 Å². The van der Waals surface area contributed by atoms with Gasteiger partial charge in [-0.25, -0.2) is 4.79 Å². The second-order valence-corrected chi connectivity index (χ2v) is 8.42. The number of carbonyl (C=O) groups is 2. The molecule has 2 aliphatic rings. The van der Waals surface area contributed by atoms with Crippen molar-refractivity contribution in [1.29, 1.82) is 0 Å². The van der Waals surface area contributed by atoms with E-state index in [1.807, 2.05) is 42.5 Å². The van der Waals surface area contributed by atoms with E-state index in [1.165, 1.54) is 0 Å². The van der Waals surface area contributed by atoms with Gasteiger partial charge < -0.3 is 20.7 Å². The molecule has 0 atom stereocenters. The first-order valence-electron chi connectivity index (χ1n) is 10.4. The Bertz CT molecular complexity index is 871. The third-order valence-corrected chi connectivity index (χ3v) is 6.21. The van der Waals surface area contributed by atoms with Crippen molar-refractivity contribution in [2.75, 3.05) is 7.11 Å². The molecule has 3 N–H and O–H groups in total. The molecule has 0 unspecified atom stereocenters. The fourth-order valence-electron chi connectivity index (χ4n) is 4.58. The molecule has 3 amide bonds. The predicted octanol–water partition coefficient (Wildman–Crippen LogP) is 2.76. The lowest BCUT2D eigenvalue weighted by Crippen LogP contribution is -2.59. The van der Waals surface area contributed by atoms with Crippen LogP contribution in [0.3, 0.4) is 0 Å². The van der Waals surface area contributed by atoms with Gasteiger partial charge in [-0.2, -0.15) is 0 Å². The zero-order valence-corrected chi connectivity index (χ0v) is 17.2. The summed E-state index contributed by atoms with van der Waals surface area (Å²) in [5.74, 6) is 0.991. The van der Waals surface area contributed by atoms with Crippen molar-refractivity contribution in [3.8, 4) is 5.75 Å². The van der Waals surface area contributed by atoms with E-state index < -0.39 is 0 Å². The van der Waals surface area contributed by atoms with Crippen molar-refractivity contribution < 1.29 is 14.3 Å². The average Bonchev–Trinajstić information content (AvgIpc) is 2.72. The molecule has 1 spiro atoms. The van der Waals surface area contributed by atoms with Crippen molar-refractivity contribution >= 4 is 11.9 Å². The quantitative estimate of drug-likeness (QED) is 0.657. The SMILES string of the molecule is COc1ccc(CNC(=O)NC2CC3(C2)CC(C(=O)NCc2ccccn2)C3)cc1. The zero-order chi connectivity index (χ0) is 21.0. The number of benzene rings is 1. The van der Waals surface area contributed by atoms with Crippen LogP contribution >= 0.6 is 0 Å². The predicted molar refractivity (Wildman–Crippen MR) is 113 cm³/mol. The van der Waals surface area contributed by atoms with Gasteiger partial charge >= 0.3 is 6.03 Å². The highest BCUT2D eigenvalue weighted by molar-refractivity contribution is 5.80. The molecule has 7 heteroatoms. The van der Waals surface area contributed by atoms with Crippen molar-refractivity contribution in [2.45, 2.75) is 44.8 Å². The van der Waals surface area contributed by atoms with Crippen molar-refractivity contribution in [3.05, 3.63) is 59.9 Å². The number of urea groups is 1. The van der Waals surface area contributed by atoms with Gasteiger partial charge in [0.15, 0.2) is 0 Å². The summed E-state index contributed by atoms with van der Waals surface area (Å²) in [4.78, 5) is 28.7. The van der Waals surface area contributed by atoms with Crippen LogP contribution in [0.15, 0.2) is 48.7 Å². The Balaban J connectivity index is 1.12. The topological polar surface area (TPSA) is 92.4 Å². The summed E-state index contributed by atoms with van der Waals surface area (Å²) >= 11 is 0. The van der Waals surface area contributed by atoms with Crippen molar-refractivity contribution in [3.63, 3.8) is 0 Å². The lowest BCUT2D eigenvalue weighted by Gasteiger charge is -2.57. The monoisotopic (exact) mass is 408 g/mol. The molecule has 1 heterocycles. The van der Waals surface area contributed by atoms with E-state index in [-0.39, 0.29) is 29.3 Å². The van der Waals surface area contributed by atoms with Gasteiger partial charge in [0.25, 0.3) is 0 Å². The van der Waals surface area contributed by atoms with E-state index >= 15 is 0 Å². The number of ether oxygens (including phenoxy) is 1. The third-order valence-electron chi connectivity index (χ3n) is 6.21. The Morgan fingerprint density at radius 3 is 2.47 bits per heavy atom. The Morgan fingerprint density at radius 2 is 1.80 bits per heavy atom. The normalized spacial score (nSPS) is 24.3. The van der Waals surface area contributed by atoms with Crippen LogP contribution in [0.5, 0.6) is 5.75 Å². The first kappa shape index (κ1) is 20.2. The lowest BCUT2D eigenvalue weighted by atomic mass is 9.50. The lowest BCUT2D eigenvalue weighted by molar-refractivity contribution is -0.138. The average molecular weight is 409 g/mol. The maximum atomic E-state index is 12.3. The van der Waals surface area contributed by atoms with Crippen LogP contribution < -0.4 is 20.7 Å². The van der Waals surface area contributed by atoms with Gasteiger partial charge in [0.05, 0.1) is 19.3 Å². The number of nitrogens with one attached hydrogen (secondary N) is 3. The number of nitrogens with zero attached hydrogens (tertiary/aromatic N) is 1. The maximum Gasteiger partial charge on any atom is 0.315 e. The number of rotatable bonds is 7. The van der Waals surface area contributed by atoms with Gasteiger partial charge in [-0.1, -0.05) is 18.2 Å². The first-order chi connectivity index (χ1) is 14.5. The van der Waals surface area contributed by atoms with Crippen LogP contribution in [0.25, 0.3) is 0 Å². The molecule has 0 radical (unpaired) electrons. The molecule has 0 saturated heterocycles. The summed E-state index contributed by atoms with van der Waals surface area (Å²) in [7, 11) is 1.63. The molecular formula is C23H28N4O3. The molecule has 2 aliphatic carbocycles. The van der Waals surface area contributed by atoms with Crippen LogP contribution in [0.1, 0.15) is 36.9 Å². The molecule has 1 aromatic carbocycles. The van der Waals surface area contributed by atoms with Gasteiger partial charge in [-0.05, 0) is 60.9 Å². The minimum atomic E-state index is -0.144. The summed E-state index contributed by atoms with van der Waals surface area (Å²) in [6.45, 7) is 0.952. The highest BCUT2D eigenvalue weighted by atomic mass is 16.5. The molecule has 2 fully saturated rings. The summed E-state index contributed by atoms with van der Waals surface area (Å²) in [6, 6.07) is 13.4. The van der Waals surface area contributed by atoms with Gasteiger partial charge in [0.1, 0.15) is 5.75 Å². The maximum absolute atomic E-state index is 12.3.